The van der Waals surface area contributed by atoms with Crippen LogP contribution in [0.15, 0.2) is 0 Å². The first kappa shape index (κ1) is 16.4. The summed E-state index contributed by atoms with van der Waals surface area (Å²) in [4.78, 5) is 0. The zero-order valence-corrected chi connectivity index (χ0v) is 10.3. The lowest BCUT2D eigenvalue weighted by Crippen LogP contribution is -2.22. The van der Waals surface area contributed by atoms with E-state index in [1.54, 1.807) is 0 Å². The quantitative estimate of drug-likeness (QED) is 0.649. The monoisotopic (exact) mass is 303 g/mol. The predicted octanol–water partition coefficient (Wildman–Crippen LogP) is 2.61. The molecule has 9 heteroatoms. The van der Waals surface area contributed by atoms with Crippen molar-refractivity contribution in [2.24, 2.45) is 5.73 Å². The van der Waals surface area contributed by atoms with Gasteiger partial charge in [-0.1, -0.05) is 0 Å². The van der Waals surface area contributed by atoms with Crippen LogP contribution in [0.5, 0.6) is 11.5 Å². The number of ether oxygens (including phenoxy) is 2. The van der Waals surface area contributed by atoms with E-state index in [2.05, 4.69) is 9.47 Å². The second-order valence-corrected chi connectivity index (χ2v) is 3.91. The minimum atomic E-state index is -3.43. The molecule has 0 heterocycles. The van der Waals surface area contributed by atoms with Crippen LogP contribution in [0.4, 0.5) is 26.3 Å². The minimum absolute atomic E-state index is 0.150. The molecule has 1 aromatic rings. The van der Waals surface area contributed by atoms with E-state index in [-0.39, 0.29) is 13.2 Å². The second-order valence-electron chi connectivity index (χ2n) is 3.91. The highest BCUT2D eigenvalue weighted by molar-refractivity contribution is 5.38. The molecule has 0 aromatic heterocycles. The number of hydrogen-bond acceptors (Lipinski definition) is 3. The number of halogens is 6. The Kier molecular flexibility index (Phi) is 5.09. The highest BCUT2D eigenvalue weighted by atomic mass is 19.3. The molecule has 0 fully saturated rings. The summed E-state index contributed by atoms with van der Waals surface area (Å²) in [7, 11) is 0. The van der Waals surface area contributed by atoms with Gasteiger partial charge in [0.05, 0.1) is 0 Å². The summed E-state index contributed by atoms with van der Waals surface area (Å²) in [6.45, 7) is -1.57. The second kappa shape index (κ2) is 6.21. The van der Waals surface area contributed by atoms with Gasteiger partial charge in [0, 0.05) is 13.5 Å². The molecular formula is C11H11F6NO2. The molecular weight excluding hydrogens is 292 g/mol. The van der Waals surface area contributed by atoms with Gasteiger partial charge < -0.3 is 15.2 Å². The lowest BCUT2D eigenvalue weighted by molar-refractivity contribution is -0.0254. The maximum absolute atomic E-state index is 13.4. The van der Waals surface area contributed by atoms with Gasteiger partial charge in [-0.3, -0.25) is 0 Å². The molecule has 2 N–H and O–H groups in total. The maximum Gasteiger partial charge on any atom is 0.278 e. The number of hydrogen-bond donors (Lipinski definition) is 1. The smallest absolute Gasteiger partial charge is 0.278 e. The molecule has 0 unspecified atom stereocenters. The Balaban J connectivity index is 3.15. The zero-order valence-electron chi connectivity index (χ0n) is 10.3. The largest absolute Gasteiger partial charge is 0.486 e. The van der Waals surface area contributed by atoms with E-state index in [0.29, 0.717) is 6.92 Å². The van der Waals surface area contributed by atoms with Crippen molar-refractivity contribution in [1.29, 1.82) is 0 Å². The Morgan fingerprint density at radius 1 is 0.900 bits per heavy atom. The van der Waals surface area contributed by atoms with Crippen molar-refractivity contribution >= 4 is 0 Å². The SMILES string of the molecule is CC(F)(F)COc1c(F)c(F)c(OCCN)c(F)c1F. The van der Waals surface area contributed by atoms with Crippen LogP contribution in [0.2, 0.25) is 0 Å². The van der Waals surface area contributed by atoms with Gasteiger partial charge in [-0.05, 0) is 0 Å². The van der Waals surface area contributed by atoms with Gasteiger partial charge in [-0.2, -0.15) is 17.6 Å². The normalized spacial score (nSPS) is 11.6. The van der Waals surface area contributed by atoms with E-state index in [0.717, 1.165) is 0 Å². The molecule has 0 aliphatic carbocycles. The van der Waals surface area contributed by atoms with E-state index < -0.39 is 47.3 Å². The molecule has 0 aliphatic heterocycles. The van der Waals surface area contributed by atoms with E-state index in [1.165, 1.54) is 0 Å². The molecule has 0 saturated carbocycles. The van der Waals surface area contributed by atoms with Gasteiger partial charge in [0.1, 0.15) is 6.61 Å². The Hall–Kier alpha value is -1.64. The molecule has 0 radical (unpaired) electrons. The summed E-state index contributed by atoms with van der Waals surface area (Å²) in [6, 6.07) is 0. The van der Waals surface area contributed by atoms with E-state index in [1.807, 2.05) is 0 Å². The van der Waals surface area contributed by atoms with Crippen LogP contribution in [0, 0.1) is 23.3 Å². The average molecular weight is 303 g/mol. The van der Waals surface area contributed by atoms with Crippen molar-refractivity contribution in [2.75, 3.05) is 19.8 Å². The van der Waals surface area contributed by atoms with Crippen LogP contribution in [0.3, 0.4) is 0 Å². The molecule has 20 heavy (non-hydrogen) atoms. The third-order valence-corrected chi connectivity index (χ3v) is 2.02. The minimum Gasteiger partial charge on any atom is -0.486 e. The number of nitrogens with two attached hydrogens (primary N) is 1. The number of alkyl halides is 2. The van der Waals surface area contributed by atoms with Gasteiger partial charge in [-0.15, -0.1) is 0 Å². The van der Waals surface area contributed by atoms with Crippen LogP contribution in [-0.2, 0) is 0 Å². The van der Waals surface area contributed by atoms with E-state index in [4.69, 9.17) is 5.73 Å². The highest BCUT2D eigenvalue weighted by Crippen LogP contribution is 2.35. The summed E-state index contributed by atoms with van der Waals surface area (Å²) in [5.74, 6) is -14.0. The lowest BCUT2D eigenvalue weighted by Gasteiger charge is -2.15. The van der Waals surface area contributed by atoms with Crippen molar-refractivity contribution in [3.05, 3.63) is 23.3 Å². The molecule has 0 aliphatic rings. The summed E-state index contributed by atoms with van der Waals surface area (Å²) in [5.41, 5.74) is 5.01. The Morgan fingerprint density at radius 2 is 1.30 bits per heavy atom. The zero-order chi connectivity index (χ0) is 15.5. The summed E-state index contributed by atoms with van der Waals surface area (Å²) < 4.78 is 87.3. The standard InChI is InChI=1S/C11H11F6NO2/c1-11(16,17)4-20-10-7(14)5(12)9(19-3-2-18)6(13)8(10)15/h2-4,18H2,1H3. The molecule has 0 saturated heterocycles. The summed E-state index contributed by atoms with van der Waals surface area (Å²) >= 11 is 0. The fourth-order valence-electron chi connectivity index (χ4n) is 1.20. The molecule has 3 nitrogen and oxygen atoms in total. The maximum atomic E-state index is 13.4. The first-order valence-corrected chi connectivity index (χ1v) is 5.38. The van der Waals surface area contributed by atoms with Crippen LogP contribution in [0.25, 0.3) is 0 Å². The van der Waals surface area contributed by atoms with Crippen LogP contribution in [-0.4, -0.2) is 25.7 Å². The third-order valence-electron chi connectivity index (χ3n) is 2.02. The predicted molar refractivity (Wildman–Crippen MR) is 56.9 cm³/mol. The molecule has 0 bridgehead atoms. The van der Waals surface area contributed by atoms with Crippen molar-refractivity contribution in [2.45, 2.75) is 12.8 Å². The highest BCUT2D eigenvalue weighted by Gasteiger charge is 2.30. The molecule has 0 spiro atoms. The van der Waals surface area contributed by atoms with Crippen LogP contribution >= 0.6 is 0 Å². The molecule has 0 amide bonds. The molecule has 1 aromatic carbocycles. The third kappa shape index (κ3) is 3.69. The Labute approximate surface area is 110 Å². The fourth-order valence-corrected chi connectivity index (χ4v) is 1.20. The summed E-state index contributed by atoms with van der Waals surface area (Å²) in [6.07, 6.45) is 0. The van der Waals surface area contributed by atoms with Crippen molar-refractivity contribution in [1.82, 2.24) is 0 Å². The first-order chi connectivity index (χ1) is 9.19. The van der Waals surface area contributed by atoms with Crippen molar-refractivity contribution in [3.63, 3.8) is 0 Å². The van der Waals surface area contributed by atoms with Crippen molar-refractivity contribution in [3.8, 4) is 11.5 Å². The number of rotatable bonds is 6. The Morgan fingerprint density at radius 3 is 1.65 bits per heavy atom. The van der Waals surface area contributed by atoms with Gasteiger partial charge in [0.2, 0.25) is 23.3 Å². The van der Waals surface area contributed by atoms with Crippen LogP contribution in [0.1, 0.15) is 6.92 Å². The molecule has 1 rings (SSSR count). The summed E-state index contributed by atoms with van der Waals surface area (Å²) in [5, 5.41) is 0. The van der Waals surface area contributed by atoms with E-state index >= 15 is 0 Å². The molecule has 114 valence electrons. The van der Waals surface area contributed by atoms with E-state index in [9.17, 15) is 26.3 Å². The number of benzene rings is 1. The Bertz CT molecular complexity index is 460. The fraction of sp³-hybridized carbons (Fsp3) is 0.455. The van der Waals surface area contributed by atoms with Gasteiger partial charge in [0.15, 0.2) is 18.1 Å². The lowest BCUT2D eigenvalue weighted by atomic mass is 10.2. The topological polar surface area (TPSA) is 44.5 Å². The molecule has 0 atom stereocenters. The first-order valence-electron chi connectivity index (χ1n) is 5.38. The van der Waals surface area contributed by atoms with Crippen LogP contribution < -0.4 is 15.2 Å². The van der Waals surface area contributed by atoms with Crippen molar-refractivity contribution < 1.29 is 35.8 Å². The van der Waals surface area contributed by atoms with Gasteiger partial charge in [0.25, 0.3) is 5.92 Å². The van der Waals surface area contributed by atoms with Gasteiger partial charge >= 0.3 is 0 Å². The van der Waals surface area contributed by atoms with Gasteiger partial charge in [-0.25, -0.2) is 8.78 Å². The average Bonchev–Trinajstić information content (AvgIpc) is 2.35.